The predicted octanol–water partition coefficient (Wildman–Crippen LogP) is 2.05. The molecule has 1 amide bonds. The van der Waals surface area contributed by atoms with E-state index in [1.165, 1.54) is 4.90 Å². The minimum atomic E-state index is -0.963. The van der Waals surface area contributed by atoms with Crippen LogP contribution in [0.5, 0.6) is 0 Å². The van der Waals surface area contributed by atoms with Gasteiger partial charge in [0.25, 0.3) is 0 Å². The lowest BCUT2D eigenvalue weighted by Crippen LogP contribution is -2.43. The van der Waals surface area contributed by atoms with Gasteiger partial charge in [0, 0.05) is 18.5 Å². The third-order valence-electron chi connectivity index (χ3n) is 3.27. The summed E-state index contributed by atoms with van der Waals surface area (Å²) in [7, 11) is 1.64. The highest BCUT2D eigenvalue weighted by Gasteiger charge is 2.24. The van der Waals surface area contributed by atoms with Gasteiger partial charge in [-0.1, -0.05) is 29.8 Å². The van der Waals surface area contributed by atoms with Gasteiger partial charge in [0.1, 0.15) is 0 Å². The van der Waals surface area contributed by atoms with Crippen molar-refractivity contribution < 1.29 is 14.7 Å². The number of likely N-dealkylation sites (N-methyl/N-ethyl adjacent to an activating group) is 1. The number of halogens is 1. The maximum atomic E-state index is 12.1. The molecule has 0 spiro atoms. The van der Waals surface area contributed by atoms with Crippen molar-refractivity contribution in [2.45, 2.75) is 31.8 Å². The third-order valence-corrected chi connectivity index (χ3v) is 3.61. The van der Waals surface area contributed by atoms with Gasteiger partial charge < -0.3 is 15.7 Å². The van der Waals surface area contributed by atoms with Crippen LogP contribution >= 0.6 is 11.6 Å². The molecule has 0 saturated heterocycles. The Morgan fingerprint density at radius 2 is 2.00 bits per heavy atom. The number of benzene rings is 1. The molecule has 0 radical (unpaired) electrons. The minimum absolute atomic E-state index is 0.119. The molecule has 0 aromatic heterocycles. The fraction of sp³-hybridized carbons (Fsp3) is 0.429. The number of carbonyl (C=O) groups excluding carboxylic acids is 1. The van der Waals surface area contributed by atoms with Crippen molar-refractivity contribution in [2.24, 2.45) is 5.73 Å². The van der Waals surface area contributed by atoms with E-state index in [9.17, 15) is 9.59 Å². The lowest BCUT2D eigenvalue weighted by Gasteiger charge is -2.28. The van der Waals surface area contributed by atoms with Gasteiger partial charge >= 0.3 is 5.97 Å². The topological polar surface area (TPSA) is 83.6 Å². The van der Waals surface area contributed by atoms with Crippen molar-refractivity contribution >= 4 is 23.5 Å². The van der Waals surface area contributed by atoms with E-state index < -0.39 is 12.0 Å². The zero-order valence-corrected chi connectivity index (χ0v) is 12.3. The summed E-state index contributed by atoms with van der Waals surface area (Å²) in [4.78, 5) is 24.1. The molecule has 0 bridgehead atoms. The van der Waals surface area contributed by atoms with Crippen LogP contribution in [0.3, 0.4) is 0 Å². The second-order valence-electron chi connectivity index (χ2n) is 4.69. The first kappa shape index (κ1) is 16.5. The molecule has 1 aromatic rings. The summed E-state index contributed by atoms with van der Waals surface area (Å²) in [5.74, 6) is -1.26. The van der Waals surface area contributed by atoms with Crippen molar-refractivity contribution in [3.63, 3.8) is 0 Å². The van der Waals surface area contributed by atoms with Gasteiger partial charge in [-0.05, 0) is 25.0 Å². The predicted molar refractivity (Wildman–Crippen MR) is 77.5 cm³/mol. The molecule has 0 aliphatic heterocycles. The quantitative estimate of drug-likeness (QED) is 0.842. The fourth-order valence-electron chi connectivity index (χ4n) is 1.88. The van der Waals surface area contributed by atoms with E-state index in [2.05, 4.69) is 0 Å². The lowest BCUT2D eigenvalue weighted by molar-refractivity contribution is -0.137. The standard InChI is InChI=1S/C14H19ClN2O3/c1-9(10-5-3-4-6-11(10)15)17(2)14(20)12(16)7-8-13(18)19/h3-6,9,12H,7-8,16H2,1-2H3,(H,18,19). The molecule has 5 nitrogen and oxygen atoms in total. The van der Waals surface area contributed by atoms with E-state index >= 15 is 0 Å². The number of aliphatic carboxylic acids is 1. The molecular formula is C14H19ClN2O3. The number of hydrogen-bond acceptors (Lipinski definition) is 3. The van der Waals surface area contributed by atoms with Crippen LogP contribution in [0.4, 0.5) is 0 Å². The van der Waals surface area contributed by atoms with Crippen LogP contribution in [0.25, 0.3) is 0 Å². The number of amides is 1. The maximum Gasteiger partial charge on any atom is 0.303 e. The highest BCUT2D eigenvalue weighted by Crippen LogP contribution is 2.26. The summed E-state index contributed by atoms with van der Waals surface area (Å²) in [6.45, 7) is 1.85. The molecule has 0 heterocycles. The van der Waals surface area contributed by atoms with Crippen LogP contribution in [-0.2, 0) is 9.59 Å². The second-order valence-corrected chi connectivity index (χ2v) is 5.09. The van der Waals surface area contributed by atoms with Crippen LogP contribution in [0.2, 0.25) is 5.02 Å². The monoisotopic (exact) mass is 298 g/mol. The van der Waals surface area contributed by atoms with Gasteiger partial charge in [-0.2, -0.15) is 0 Å². The number of carboxylic acids is 1. The normalized spacial score (nSPS) is 13.6. The molecule has 2 unspecified atom stereocenters. The molecule has 0 aliphatic rings. The number of nitrogens with zero attached hydrogens (tertiary/aromatic N) is 1. The molecular weight excluding hydrogens is 280 g/mol. The van der Waals surface area contributed by atoms with Crippen molar-refractivity contribution in [2.75, 3.05) is 7.05 Å². The minimum Gasteiger partial charge on any atom is -0.481 e. The van der Waals surface area contributed by atoms with E-state index in [1.54, 1.807) is 13.1 Å². The summed E-state index contributed by atoms with van der Waals surface area (Å²) in [6.07, 6.45) is -0.00499. The first-order valence-corrected chi connectivity index (χ1v) is 6.71. The number of nitrogens with two attached hydrogens (primary N) is 1. The SMILES string of the molecule is CC(c1ccccc1Cl)N(C)C(=O)C(N)CCC(=O)O. The number of rotatable bonds is 6. The molecule has 6 heteroatoms. The number of carboxylic acid groups (broad SMARTS) is 1. The van der Waals surface area contributed by atoms with Gasteiger partial charge in [0.2, 0.25) is 5.91 Å². The average Bonchev–Trinajstić information content (AvgIpc) is 2.42. The summed E-state index contributed by atoms with van der Waals surface area (Å²) in [6, 6.07) is 6.22. The molecule has 1 rings (SSSR count). The summed E-state index contributed by atoms with van der Waals surface area (Å²) in [5, 5.41) is 9.19. The van der Waals surface area contributed by atoms with Crippen LogP contribution in [0.1, 0.15) is 31.4 Å². The van der Waals surface area contributed by atoms with Gasteiger partial charge in [-0.3, -0.25) is 9.59 Å². The Morgan fingerprint density at radius 3 is 2.55 bits per heavy atom. The van der Waals surface area contributed by atoms with Crippen molar-refractivity contribution in [1.82, 2.24) is 4.90 Å². The van der Waals surface area contributed by atoms with Crippen molar-refractivity contribution in [1.29, 1.82) is 0 Å². The first-order valence-electron chi connectivity index (χ1n) is 6.33. The molecule has 1 aromatic carbocycles. The lowest BCUT2D eigenvalue weighted by atomic mass is 10.1. The first-order chi connectivity index (χ1) is 9.34. The molecule has 2 atom stereocenters. The van der Waals surface area contributed by atoms with E-state index in [0.717, 1.165) is 5.56 Å². The average molecular weight is 299 g/mol. The Morgan fingerprint density at radius 1 is 1.40 bits per heavy atom. The van der Waals surface area contributed by atoms with Crippen molar-refractivity contribution in [3.05, 3.63) is 34.9 Å². The largest absolute Gasteiger partial charge is 0.481 e. The van der Waals surface area contributed by atoms with Crippen LogP contribution < -0.4 is 5.73 Å². The summed E-state index contributed by atoms with van der Waals surface area (Å²) >= 11 is 6.10. The molecule has 20 heavy (non-hydrogen) atoms. The zero-order chi connectivity index (χ0) is 15.3. The second kappa shape index (κ2) is 7.26. The van der Waals surface area contributed by atoms with Crippen molar-refractivity contribution in [3.8, 4) is 0 Å². The Kier molecular flexibility index (Phi) is 5.98. The summed E-state index contributed by atoms with van der Waals surface area (Å²) in [5.41, 5.74) is 6.56. The van der Waals surface area contributed by atoms with Gasteiger partial charge in [0.15, 0.2) is 0 Å². The van der Waals surface area contributed by atoms with E-state index in [4.69, 9.17) is 22.4 Å². The molecule has 3 N–H and O–H groups in total. The Balaban J connectivity index is 2.73. The Bertz CT molecular complexity index is 493. The molecule has 0 saturated carbocycles. The van der Waals surface area contributed by atoms with E-state index in [1.807, 2.05) is 25.1 Å². The molecule has 110 valence electrons. The van der Waals surface area contributed by atoms with Crippen LogP contribution in [0, 0.1) is 0 Å². The summed E-state index contributed by atoms with van der Waals surface area (Å²) < 4.78 is 0. The molecule has 0 fully saturated rings. The Hall–Kier alpha value is -1.59. The van der Waals surface area contributed by atoms with Crippen LogP contribution in [0.15, 0.2) is 24.3 Å². The van der Waals surface area contributed by atoms with Gasteiger partial charge in [-0.25, -0.2) is 0 Å². The Labute approximate surface area is 123 Å². The van der Waals surface area contributed by atoms with Gasteiger partial charge in [0.05, 0.1) is 12.1 Å². The zero-order valence-electron chi connectivity index (χ0n) is 11.5. The number of carbonyl (C=O) groups is 2. The fourth-order valence-corrected chi connectivity index (χ4v) is 2.17. The van der Waals surface area contributed by atoms with Gasteiger partial charge in [-0.15, -0.1) is 0 Å². The highest BCUT2D eigenvalue weighted by atomic mass is 35.5. The van der Waals surface area contributed by atoms with E-state index in [-0.39, 0.29) is 24.8 Å². The highest BCUT2D eigenvalue weighted by molar-refractivity contribution is 6.31. The van der Waals surface area contributed by atoms with E-state index in [0.29, 0.717) is 5.02 Å². The smallest absolute Gasteiger partial charge is 0.303 e. The molecule has 0 aliphatic carbocycles. The third kappa shape index (κ3) is 4.21. The maximum absolute atomic E-state index is 12.1. The number of hydrogen-bond donors (Lipinski definition) is 2. The van der Waals surface area contributed by atoms with Crippen LogP contribution in [-0.4, -0.2) is 35.0 Å².